The Bertz CT molecular complexity index is 2670. The number of hydrogen-bond donors (Lipinski definition) is 0. The molecule has 0 aromatic rings. The van der Waals surface area contributed by atoms with Gasteiger partial charge in [0.1, 0.15) is 0 Å². The van der Waals surface area contributed by atoms with Crippen LogP contribution in [-0.2, 0) is 0 Å². The van der Waals surface area contributed by atoms with Gasteiger partial charge in [-0.3, -0.25) is 0 Å². The third-order valence-corrected chi connectivity index (χ3v) is 39.4. The molecule has 0 aliphatic heterocycles. The van der Waals surface area contributed by atoms with Crippen molar-refractivity contribution in [3.63, 3.8) is 0 Å². The molecule has 14 atom stereocenters. The average molecular weight is 1560 g/mol. The average Bonchev–Trinajstić information content (AvgIpc) is 1.60. The molecule has 0 spiro atoms. The Morgan fingerprint density at radius 1 is 0.159 bits per heavy atom. The molecule has 14 unspecified atom stereocenters. The second-order valence-electron chi connectivity index (χ2n) is 56.5. The van der Waals surface area contributed by atoms with E-state index in [9.17, 15) is 0 Å². The maximum Gasteiger partial charge on any atom is -0.0241 e. The summed E-state index contributed by atoms with van der Waals surface area (Å²) >= 11 is 0. The molecule has 0 radical (unpaired) electrons. The second-order valence-corrected chi connectivity index (χ2v) is 56.5. The highest BCUT2D eigenvalue weighted by Gasteiger charge is 2.56. The van der Waals surface area contributed by atoms with Gasteiger partial charge in [-0.2, -0.15) is 0 Å². The summed E-state index contributed by atoms with van der Waals surface area (Å²) in [7, 11) is 0. The number of hydrogen-bond acceptors (Lipinski definition) is 0. The van der Waals surface area contributed by atoms with Crippen molar-refractivity contribution in [2.24, 2.45) is 214 Å². The summed E-state index contributed by atoms with van der Waals surface area (Å²) in [6.07, 6.45) is 75.3. The van der Waals surface area contributed by atoms with E-state index < -0.39 is 0 Å². The summed E-state index contributed by atoms with van der Waals surface area (Å²) in [6.45, 7) is 65.8. The fraction of sp³-hybridized carbons (Fsp3) is 1.00. The molecule has 0 nitrogen and oxygen atoms in total. The third kappa shape index (κ3) is 25.4. The lowest BCUT2D eigenvalue weighted by molar-refractivity contribution is -0.113. The fourth-order valence-electron chi connectivity index (χ4n) is 33.5. The summed E-state index contributed by atoms with van der Waals surface area (Å²) in [5.74, 6) is 29.0. The molecule has 658 valence electrons. The minimum Gasteiger partial charge on any atom is -0.0599 e. The Morgan fingerprint density at radius 2 is 0.425 bits per heavy atom. The molecule has 0 amide bonds. The molecular weight excluding hydrogens is 1360 g/mol. The second kappa shape index (κ2) is 38.2. The molecular formula is C113H206. The quantitative estimate of drug-likeness (QED) is 0.227. The zero-order valence-corrected chi connectivity index (χ0v) is 82.2. The van der Waals surface area contributed by atoms with E-state index in [2.05, 4.69) is 187 Å². The smallest absolute Gasteiger partial charge is 0.0241 e. The largest absolute Gasteiger partial charge is 0.0599 e. The van der Waals surface area contributed by atoms with Crippen molar-refractivity contribution in [1.29, 1.82) is 0 Å². The SMILES string of the molecule is CC(C)(C)C12CC3CC(CC(C3)C1)C2.CC(C)(C)C1C2CCCC1CCC2.CC(C)(C)C1CC2CC1C2.CC(C)(C)C1CC2CCC1C2.CC(C)(C)C1CC2CCC1CC2.CC(C)(C)C1CC2CCCCC(C2)C1.CC(C)(C)C1CCC2CCC1C2.CC(C)(C)C1CCC2CCC1CC2.CC(C)(C)C1CCC2CCCC1CC2. The highest BCUT2D eigenvalue weighted by Crippen LogP contribution is 2.67. The maximum atomic E-state index is 2.49. The molecule has 113 heavy (non-hydrogen) atoms. The van der Waals surface area contributed by atoms with Gasteiger partial charge in [0.05, 0.1) is 0 Å². The zero-order chi connectivity index (χ0) is 82.2. The minimum atomic E-state index is 0.552. The van der Waals surface area contributed by atoms with Gasteiger partial charge in [-0.1, -0.05) is 335 Å². The first kappa shape index (κ1) is 93.7. The minimum absolute atomic E-state index is 0.552. The molecule has 0 N–H and O–H groups in total. The lowest BCUT2D eigenvalue weighted by Gasteiger charge is -2.62. The van der Waals surface area contributed by atoms with Crippen LogP contribution in [0.3, 0.4) is 0 Å². The van der Waals surface area contributed by atoms with Crippen molar-refractivity contribution in [3.05, 3.63) is 0 Å². The summed E-state index contributed by atoms with van der Waals surface area (Å²) < 4.78 is 0. The van der Waals surface area contributed by atoms with Gasteiger partial charge in [0.2, 0.25) is 0 Å². The molecule has 23 fully saturated rings. The highest BCUT2D eigenvalue weighted by molar-refractivity contribution is 5.07. The van der Waals surface area contributed by atoms with Crippen LogP contribution in [0.4, 0.5) is 0 Å². The van der Waals surface area contributed by atoms with Crippen LogP contribution in [0, 0.1) is 214 Å². The fourth-order valence-corrected chi connectivity index (χ4v) is 33.5. The van der Waals surface area contributed by atoms with Crippen LogP contribution in [-0.4, -0.2) is 0 Å². The van der Waals surface area contributed by atoms with Crippen molar-refractivity contribution < 1.29 is 0 Å². The Balaban J connectivity index is 0.000000126. The highest BCUT2D eigenvalue weighted by atomic mass is 14.6. The standard InChI is InChI=1S/C14H24.2C14H26.2C13H24.2C12H22.C11H20.C10H18/c1-13(2,3)14-7-10-4-11(8-14)6-12(5-10)9-14;1-14(2,3)13-10-8-11-5-4-6-12(13)9-7-11;1-14(2,3)13-9-11-6-4-5-7-12(8-11)10-13;1-13(2,3)12-9-6-10-4-7-11(12)8-5-10;1-13(2,3)12-10-6-4-7-11(12)9-5-8-10;1-12(2,3)11-7-5-9-4-6-10(11)8-9;1-12(2,3)11-8-9-4-6-10(11)7-5-9;1-11(2,3)10-7-8-4-5-9(10)6-8;1-10(2,3)9-6-7-4-8(9)5-7/h10-12H,4-9H2,1-3H3;2*11-13H,4-10H2,1-3H3;2*10-12H,4-9H2,1-3H3;2*9-11H,4-8H2,1-3H3;8-10H,4-7H2,1-3H3;7-9H,4-6H2,1-3H3. The first-order chi connectivity index (χ1) is 52.6. The van der Waals surface area contributed by atoms with Gasteiger partial charge in [0, 0.05) is 0 Å². The molecule has 0 heteroatoms. The lowest BCUT2D eigenvalue weighted by Crippen LogP contribution is -2.51. The van der Waals surface area contributed by atoms with Gasteiger partial charge in [-0.25, -0.2) is 0 Å². The first-order valence-corrected chi connectivity index (χ1v) is 52.6. The maximum absolute atomic E-state index is 2.49. The van der Waals surface area contributed by atoms with Gasteiger partial charge >= 0.3 is 0 Å². The topological polar surface area (TPSA) is 0 Å². The zero-order valence-electron chi connectivity index (χ0n) is 82.2. The lowest BCUT2D eigenvalue weighted by atomic mass is 9.43. The normalized spacial score (nSPS) is 42.5. The van der Waals surface area contributed by atoms with Gasteiger partial charge in [0.25, 0.3) is 0 Å². The van der Waals surface area contributed by atoms with E-state index in [0.717, 1.165) is 165 Å². The molecule has 0 aromatic heterocycles. The van der Waals surface area contributed by atoms with Gasteiger partial charge in [-0.15, -0.1) is 0 Å². The van der Waals surface area contributed by atoms with Crippen LogP contribution in [0.15, 0.2) is 0 Å². The van der Waals surface area contributed by atoms with Crippen LogP contribution in [0.5, 0.6) is 0 Å². The van der Waals surface area contributed by atoms with E-state index in [1.165, 1.54) is 244 Å². The van der Waals surface area contributed by atoms with Crippen LogP contribution in [0.2, 0.25) is 0 Å². The summed E-state index contributed by atoms with van der Waals surface area (Å²) in [4.78, 5) is 0. The van der Waals surface area contributed by atoms with Crippen molar-refractivity contribution in [3.8, 4) is 0 Å². The molecule has 23 aliphatic rings. The van der Waals surface area contributed by atoms with E-state index in [-0.39, 0.29) is 0 Å². The van der Waals surface area contributed by atoms with Gasteiger partial charge in [0.15, 0.2) is 0 Å². The van der Waals surface area contributed by atoms with E-state index >= 15 is 0 Å². The molecule has 0 aromatic carbocycles. The predicted octanol–water partition coefficient (Wildman–Crippen LogP) is 36.3. The van der Waals surface area contributed by atoms with Gasteiger partial charge < -0.3 is 0 Å². The van der Waals surface area contributed by atoms with E-state index in [1.807, 2.05) is 0 Å². The summed E-state index contributed by atoms with van der Waals surface area (Å²) in [5, 5.41) is 0. The van der Waals surface area contributed by atoms with Crippen LogP contribution >= 0.6 is 0 Å². The Hall–Kier alpha value is 0. The van der Waals surface area contributed by atoms with Gasteiger partial charge in [-0.05, 0) is 381 Å². The molecule has 23 saturated carbocycles. The van der Waals surface area contributed by atoms with Crippen LogP contribution < -0.4 is 0 Å². The Labute approximate surface area is 711 Å². The van der Waals surface area contributed by atoms with E-state index in [1.54, 1.807) is 70.6 Å². The summed E-state index contributed by atoms with van der Waals surface area (Å²) in [5.41, 5.74) is 5.85. The number of rotatable bonds is 0. The molecule has 20 bridgehead atoms. The Kier molecular flexibility index (Phi) is 31.7. The molecule has 0 heterocycles. The Morgan fingerprint density at radius 3 is 0.770 bits per heavy atom. The van der Waals surface area contributed by atoms with Crippen molar-refractivity contribution in [1.82, 2.24) is 0 Å². The summed E-state index contributed by atoms with van der Waals surface area (Å²) in [6, 6.07) is 0. The predicted molar refractivity (Wildman–Crippen MR) is 498 cm³/mol. The molecule has 0 saturated heterocycles. The molecule has 23 rings (SSSR count). The van der Waals surface area contributed by atoms with E-state index in [0.29, 0.717) is 48.7 Å². The van der Waals surface area contributed by atoms with Crippen molar-refractivity contribution in [2.75, 3.05) is 0 Å². The van der Waals surface area contributed by atoms with Crippen molar-refractivity contribution in [2.45, 2.75) is 502 Å². The van der Waals surface area contributed by atoms with Crippen LogP contribution in [0.1, 0.15) is 502 Å². The molecule has 23 aliphatic carbocycles. The van der Waals surface area contributed by atoms with Crippen molar-refractivity contribution >= 4 is 0 Å². The van der Waals surface area contributed by atoms with Crippen LogP contribution in [0.25, 0.3) is 0 Å². The third-order valence-electron chi connectivity index (χ3n) is 39.4. The first-order valence-electron chi connectivity index (χ1n) is 52.6. The number of fused-ring (bicyclic) bond motifs is 19. The van der Waals surface area contributed by atoms with E-state index in [4.69, 9.17) is 0 Å². The monoisotopic (exact) mass is 1560 g/mol.